The summed E-state index contributed by atoms with van der Waals surface area (Å²) in [5.41, 5.74) is 1.25. The summed E-state index contributed by atoms with van der Waals surface area (Å²) in [6, 6.07) is 8.64. The van der Waals surface area contributed by atoms with Gasteiger partial charge in [-0.05, 0) is 37.9 Å². The molecule has 5 heteroatoms. The highest BCUT2D eigenvalue weighted by atomic mass is 35.5. The number of aryl methyl sites for hydroxylation is 1. The molecule has 0 aliphatic carbocycles. The average molecular weight is 329 g/mol. The molecule has 0 bridgehead atoms. The van der Waals surface area contributed by atoms with Crippen LogP contribution in [0.5, 0.6) is 0 Å². The van der Waals surface area contributed by atoms with Crippen molar-refractivity contribution in [2.24, 2.45) is 0 Å². The standard InChI is InChI=1S/C16H24N2OS.ClH/c1-3-10-18(14-8-9-17-11-14)16(19)12-20-15-7-5-4-6-13(15)2;/h4-7,14,17H,3,8-12H2,1-2H3;1H. The number of amides is 1. The molecule has 0 spiro atoms. The van der Waals surface area contributed by atoms with Crippen molar-refractivity contribution in [2.75, 3.05) is 25.4 Å². The summed E-state index contributed by atoms with van der Waals surface area (Å²) in [6.45, 7) is 7.08. The summed E-state index contributed by atoms with van der Waals surface area (Å²) in [7, 11) is 0. The van der Waals surface area contributed by atoms with Crippen molar-refractivity contribution < 1.29 is 4.79 Å². The Balaban J connectivity index is 0.00000220. The Morgan fingerprint density at radius 1 is 1.43 bits per heavy atom. The zero-order chi connectivity index (χ0) is 14.4. The topological polar surface area (TPSA) is 32.3 Å². The summed E-state index contributed by atoms with van der Waals surface area (Å²) in [5.74, 6) is 0.815. The molecular formula is C16H25ClN2OS. The summed E-state index contributed by atoms with van der Waals surface area (Å²) in [6.07, 6.45) is 2.11. The molecule has 0 aromatic heterocycles. The van der Waals surface area contributed by atoms with Crippen LogP contribution in [0.2, 0.25) is 0 Å². The number of carbonyl (C=O) groups is 1. The Morgan fingerprint density at radius 2 is 2.19 bits per heavy atom. The van der Waals surface area contributed by atoms with E-state index in [9.17, 15) is 4.79 Å². The van der Waals surface area contributed by atoms with Crippen LogP contribution in [0.15, 0.2) is 29.2 Å². The zero-order valence-corrected chi connectivity index (χ0v) is 14.4. The zero-order valence-electron chi connectivity index (χ0n) is 12.8. The molecule has 3 nitrogen and oxygen atoms in total. The van der Waals surface area contributed by atoms with Crippen LogP contribution in [0.1, 0.15) is 25.3 Å². The largest absolute Gasteiger partial charge is 0.338 e. The van der Waals surface area contributed by atoms with E-state index in [0.717, 1.165) is 32.5 Å². The van der Waals surface area contributed by atoms with E-state index < -0.39 is 0 Å². The fourth-order valence-electron chi connectivity index (χ4n) is 2.60. The van der Waals surface area contributed by atoms with Gasteiger partial charge >= 0.3 is 0 Å². The summed E-state index contributed by atoms with van der Waals surface area (Å²) >= 11 is 1.66. The number of carbonyl (C=O) groups excluding carboxylic acids is 1. The Labute approximate surface area is 138 Å². The Kier molecular flexibility index (Phi) is 8.15. The molecule has 2 rings (SSSR count). The van der Waals surface area contributed by atoms with E-state index in [4.69, 9.17) is 0 Å². The molecule has 118 valence electrons. The van der Waals surface area contributed by atoms with Gasteiger partial charge in [-0.25, -0.2) is 0 Å². The van der Waals surface area contributed by atoms with Crippen molar-refractivity contribution in [1.82, 2.24) is 10.2 Å². The maximum Gasteiger partial charge on any atom is 0.233 e. The van der Waals surface area contributed by atoms with Crippen molar-refractivity contribution in [3.63, 3.8) is 0 Å². The van der Waals surface area contributed by atoms with Gasteiger partial charge in [0, 0.05) is 24.0 Å². The molecule has 1 heterocycles. The number of hydrogen-bond donors (Lipinski definition) is 1. The molecule has 1 fully saturated rings. The maximum atomic E-state index is 12.5. The fraction of sp³-hybridized carbons (Fsp3) is 0.562. The van der Waals surface area contributed by atoms with Gasteiger partial charge in [0.2, 0.25) is 5.91 Å². The van der Waals surface area contributed by atoms with Gasteiger partial charge in [0.25, 0.3) is 0 Å². The second-order valence-electron chi connectivity index (χ2n) is 5.29. The smallest absolute Gasteiger partial charge is 0.233 e. The number of hydrogen-bond acceptors (Lipinski definition) is 3. The van der Waals surface area contributed by atoms with E-state index in [1.54, 1.807) is 11.8 Å². The van der Waals surface area contributed by atoms with Gasteiger partial charge in [0.05, 0.1) is 5.75 Å². The van der Waals surface area contributed by atoms with E-state index in [0.29, 0.717) is 11.8 Å². The molecule has 1 aromatic carbocycles. The van der Waals surface area contributed by atoms with E-state index in [1.807, 2.05) is 12.1 Å². The lowest BCUT2D eigenvalue weighted by molar-refractivity contribution is -0.130. The molecular weight excluding hydrogens is 304 g/mol. The third-order valence-corrected chi connectivity index (χ3v) is 4.87. The second-order valence-corrected chi connectivity index (χ2v) is 6.31. The molecule has 21 heavy (non-hydrogen) atoms. The van der Waals surface area contributed by atoms with Crippen LogP contribution in [0.4, 0.5) is 0 Å². The molecule has 1 amide bonds. The lowest BCUT2D eigenvalue weighted by Gasteiger charge is -2.28. The van der Waals surface area contributed by atoms with Crippen molar-refractivity contribution in [1.29, 1.82) is 0 Å². The summed E-state index contributed by atoms with van der Waals surface area (Å²) in [5, 5.41) is 3.35. The van der Waals surface area contributed by atoms with Crippen molar-refractivity contribution in [2.45, 2.75) is 37.6 Å². The molecule has 1 atom stereocenters. The van der Waals surface area contributed by atoms with Gasteiger partial charge in [-0.2, -0.15) is 0 Å². The predicted molar refractivity (Wildman–Crippen MR) is 92.4 cm³/mol. The van der Waals surface area contributed by atoms with Crippen molar-refractivity contribution in [3.8, 4) is 0 Å². The van der Waals surface area contributed by atoms with Crippen LogP contribution in [-0.2, 0) is 4.79 Å². The quantitative estimate of drug-likeness (QED) is 0.814. The highest BCUT2D eigenvalue weighted by molar-refractivity contribution is 8.00. The number of rotatable bonds is 6. The second kappa shape index (κ2) is 9.34. The molecule has 1 saturated heterocycles. The number of thioether (sulfide) groups is 1. The van der Waals surface area contributed by atoms with Crippen molar-refractivity contribution >= 4 is 30.1 Å². The number of halogens is 1. The molecule has 0 saturated carbocycles. The molecule has 1 aromatic rings. The van der Waals surface area contributed by atoms with Crippen LogP contribution in [0.25, 0.3) is 0 Å². The SMILES string of the molecule is CCCN(C(=O)CSc1ccccc1C)C1CCNC1.Cl. The van der Waals surface area contributed by atoms with Crippen LogP contribution in [0.3, 0.4) is 0 Å². The highest BCUT2D eigenvalue weighted by Gasteiger charge is 2.25. The summed E-state index contributed by atoms with van der Waals surface area (Å²) in [4.78, 5) is 15.8. The van der Waals surface area contributed by atoms with Gasteiger partial charge in [0.1, 0.15) is 0 Å². The van der Waals surface area contributed by atoms with Crippen LogP contribution >= 0.6 is 24.2 Å². The monoisotopic (exact) mass is 328 g/mol. The molecule has 0 radical (unpaired) electrons. The maximum absolute atomic E-state index is 12.5. The third kappa shape index (κ3) is 5.20. The van der Waals surface area contributed by atoms with E-state index in [-0.39, 0.29) is 18.3 Å². The van der Waals surface area contributed by atoms with Crippen LogP contribution in [-0.4, -0.2) is 42.2 Å². The first kappa shape index (κ1) is 18.3. The first-order chi connectivity index (χ1) is 9.72. The van der Waals surface area contributed by atoms with Crippen molar-refractivity contribution in [3.05, 3.63) is 29.8 Å². The van der Waals surface area contributed by atoms with Gasteiger partial charge in [-0.15, -0.1) is 24.2 Å². The first-order valence-corrected chi connectivity index (χ1v) is 8.39. The van der Waals surface area contributed by atoms with E-state index >= 15 is 0 Å². The van der Waals surface area contributed by atoms with E-state index in [2.05, 4.69) is 36.2 Å². The predicted octanol–water partition coefficient (Wildman–Crippen LogP) is 3.11. The fourth-order valence-corrected chi connectivity index (χ4v) is 3.51. The number of nitrogens with zero attached hydrogens (tertiary/aromatic N) is 1. The minimum atomic E-state index is 0. The minimum Gasteiger partial charge on any atom is -0.338 e. The third-order valence-electron chi connectivity index (χ3n) is 3.70. The molecule has 1 unspecified atom stereocenters. The molecule has 1 aliphatic heterocycles. The normalized spacial score (nSPS) is 17.3. The van der Waals surface area contributed by atoms with Crippen LogP contribution < -0.4 is 5.32 Å². The van der Waals surface area contributed by atoms with Crippen LogP contribution in [0, 0.1) is 6.92 Å². The average Bonchev–Trinajstić information content (AvgIpc) is 2.97. The van der Waals surface area contributed by atoms with Gasteiger partial charge < -0.3 is 10.2 Å². The Bertz CT molecular complexity index is 450. The highest BCUT2D eigenvalue weighted by Crippen LogP contribution is 2.23. The lowest BCUT2D eigenvalue weighted by atomic mass is 10.2. The number of nitrogens with one attached hydrogen (secondary N) is 1. The van der Waals surface area contributed by atoms with Gasteiger partial charge in [-0.1, -0.05) is 25.1 Å². The Hall–Kier alpha value is -0.710. The minimum absolute atomic E-state index is 0. The lowest BCUT2D eigenvalue weighted by Crippen LogP contribution is -2.43. The number of benzene rings is 1. The first-order valence-electron chi connectivity index (χ1n) is 7.41. The van der Waals surface area contributed by atoms with Gasteiger partial charge in [-0.3, -0.25) is 4.79 Å². The Morgan fingerprint density at radius 3 is 2.81 bits per heavy atom. The van der Waals surface area contributed by atoms with E-state index in [1.165, 1.54) is 10.5 Å². The molecule has 1 N–H and O–H groups in total. The van der Waals surface area contributed by atoms with Gasteiger partial charge in [0.15, 0.2) is 0 Å². The summed E-state index contributed by atoms with van der Waals surface area (Å²) < 4.78 is 0. The molecule has 1 aliphatic rings.